The molecular weight excluding hydrogens is 436 g/mol. The quantitative estimate of drug-likeness (QED) is 0.553. The fourth-order valence-electron chi connectivity index (χ4n) is 4.97. The molecule has 0 aromatic heterocycles. The van der Waals surface area contributed by atoms with Crippen LogP contribution in [-0.2, 0) is 19.1 Å². The average Bonchev–Trinajstić information content (AvgIpc) is 3.28. The van der Waals surface area contributed by atoms with Crippen LogP contribution in [0.15, 0.2) is 48.5 Å². The van der Waals surface area contributed by atoms with Crippen LogP contribution in [0, 0.1) is 5.92 Å². The molecule has 2 fully saturated rings. The molecule has 2 atom stereocenters. The molecule has 2 amide bonds. The predicted molar refractivity (Wildman–Crippen MR) is 123 cm³/mol. The molecule has 178 valence electrons. The first-order valence-corrected chi connectivity index (χ1v) is 11.7. The van der Waals surface area contributed by atoms with Crippen molar-refractivity contribution < 1.29 is 29.0 Å². The Labute approximate surface area is 197 Å². The lowest BCUT2D eigenvalue weighted by Crippen LogP contribution is -2.42. The summed E-state index contributed by atoms with van der Waals surface area (Å²) in [6.07, 6.45) is 1.16. The second-order valence-electron chi connectivity index (χ2n) is 9.44. The van der Waals surface area contributed by atoms with Gasteiger partial charge in [0.05, 0.1) is 24.2 Å². The Kier molecular flexibility index (Phi) is 6.00. The van der Waals surface area contributed by atoms with E-state index < -0.39 is 23.5 Å². The Morgan fingerprint density at radius 1 is 1.03 bits per heavy atom. The topological polar surface area (TPSA) is 114 Å². The van der Waals surface area contributed by atoms with E-state index in [9.17, 15) is 14.4 Å². The zero-order chi connectivity index (χ0) is 23.7. The summed E-state index contributed by atoms with van der Waals surface area (Å²) in [5.41, 5.74) is 4.06. The minimum Gasteiger partial charge on any atom is -0.481 e. The monoisotopic (exact) mass is 464 g/mol. The highest BCUT2D eigenvalue weighted by molar-refractivity contribution is 5.80. The standard InChI is InChI=1S/C26H28N2O6/c29-23(27-13-17-11-16(14-33-17)24(30)31)12-26(9-10-26)28-25(32)34-15-22-20-7-3-1-5-18(20)19-6-2-4-8-21(19)22/h1-8,16-17,22H,9-15H2,(H,27,29)(H,28,32)(H,30,31)/t16-,17-/m0/s1. The van der Waals surface area contributed by atoms with Crippen molar-refractivity contribution >= 4 is 18.0 Å². The van der Waals surface area contributed by atoms with E-state index in [1.54, 1.807) is 0 Å². The summed E-state index contributed by atoms with van der Waals surface area (Å²) in [5, 5.41) is 14.7. The molecule has 2 aromatic rings. The van der Waals surface area contributed by atoms with Crippen molar-refractivity contribution in [1.29, 1.82) is 0 Å². The molecule has 8 nitrogen and oxygen atoms in total. The van der Waals surface area contributed by atoms with Gasteiger partial charge in [-0.15, -0.1) is 0 Å². The van der Waals surface area contributed by atoms with E-state index in [0.29, 0.717) is 19.3 Å². The van der Waals surface area contributed by atoms with Crippen LogP contribution in [0.1, 0.15) is 42.7 Å². The van der Waals surface area contributed by atoms with Gasteiger partial charge >= 0.3 is 12.1 Å². The number of hydrogen-bond acceptors (Lipinski definition) is 5. The number of alkyl carbamates (subject to hydrolysis) is 1. The Bertz CT molecular complexity index is 1070. The second kappa shape index (κ2) is 9.10. The van der Waals surface area contributed by atoms with Crippen molar-refractivity contribution in [2.24, 2.45) is 5.92 Å². The summed E-state index contributed by atoms with van der Waals surface area (Å²) in [5.74, 6) is -1.61. The maximum Gasteiger partial charge on any atom is 0.407 e. The third-order valence-corrected chi connectivity index (χ3v) is 7.02. The van der Waals surface area contributed by atoms with Gasteiger partial charge in [-0.05, 0) is 41.5 Å². The van der Waals surface area contributed by atoms with Gasteiger partial charge in [0.1, 0.15) is 6.61 Å². The van der Waals surface area contributed by atoms with Crippen LogP contribution in [0.2, 0.25) is 0 Å². The molecule has 3 N–H and O–H groups in total. The van der Waals surface area contributed by atoms with Crippen LogP contribution < -0.4 is 10.6 Å². The molecule has 8 heteroatoms. The molecule has 2 aliphatic carbocycles. The van der Waals surface area contributed by atoms with E-state index in [1.807, 2.05) is 24.3 Å². The van der Waals surface area contributed by atoms with Crippen molar-refractivity contribution in [1.82, 2.24) is 10.6 Å². The number of carbonyl (C=O) groups excluding carboxylic acids is 2. The molecule has 1 saturated heterocycles. The molecular formula is C26H28N2O6. The van der Waals surface area contributed by atoms with Gasteiger partial charge in [0.25, 0.3) is 0 Å². The summed E-state index contributed by atoms with van der Waals surface area (Å²) in [6, 6.07) is 16.3. The lowest BCUT2D eigenvalue weighted by atomic mass is 9.98. The molecule has 3 aliphatic rings. The van der Waals surface area contributed by atoms with Crippen LogP contribution >= 0.6 is 0 Å². The number of ether oxygens (including phenoxy) is 2. The maximum atomic E-state index is 12.6. The summed E-state index contributed by atoms with van der Waals surface area (Å²) in [6.45, 7) is 0.665. The van der Waals surface area contributed by atoms with E-state index in [0.717, 1.165) is 11.1 Å². The summed E-state index contributed by atoms with van der Waals surface area (Å²) in [7, 11) is 0. The van der Waals surface area contributed by atoms with Gasteiger partial charge in [0.2, 0.25) is 5.91 Å². The lowest BCUT2D eigenvalue weighted by Gasteiger charge is -2.19. The summed E-state index contributed by atoms with van der Waals surface area (Å²) >= 11 is 0. The number of carboxylic acids is 1. The van der Waals surface area contributed by atoms with Crippen LogP contribution in [0.5, 0.6) is 0 Å². The van der Waals surface area contributed by atoms with Gasteiger partial charge < -0.3 is 25.2 Å². The summed E-state index contributed by atoms with van der Waals surface area (Å²) < 4.78 is 11.0. The lowest BCUT2D eigenvalue weighted by molar-refractivity contribution is -0.141. The van der Waals surface area contributed by atoms with Crippen molar-refractivity contribution in [3.05, 3.63) is 59.7 Å². The van der Waals surface area contributed by atoms with Crippen LogP contribution in [0.4, 0.5) is 4.79 Å². The smallest absolute Gasteiger partial charge is 0.407 e. The van der Waals surface area contributed by atoms with Gasteiger partial charge in [0.15, 0.2) is 0 Å². The largest absolute Gasteiger partial charge is 0.481 e. The number of carbonyl (C=O) groups is 3. The zero-order valence-electron chi connectivity index (χ0n) is 18.8. The Hall–Kier alpha value is -3.39. The van der Waals surface area contributed by atoms with Crippen molar-refractivity contribution in [2.45, 2.75) is 43.2 Å². The van der Waals surface area contributed by atoms with Crippen molar-refractivity contribution in [2.75, 3.05) is 19.8 Å². The Morgan fingerprint density at radius 2 is 1.68 bits per heavy atom. The number of rotatable bonds is 8. The number of benzene rings is 2. The van der Waals surface area contributed by atoms with Crippen LogP contribution in [0.25, 0.3) is 11.1 Å². The number of hydrogen-bond donors (Lipinski definition) is 3. The van der Waals surface area contributed by atoms with Crippen LogP contribution in [0.3, 0.4) is 0 Å². The van der Waals surface area contributed by atoms with Gasteiger partial charge in [-0.2, -0.15) is 0 Å². The first-order valence-electron chi connectivity index (χ1n) is 11.7. The molecule has 5 rings (SSSR count). The van der Waals surface area contributed by atoms with E-state index >= 15 is 0 Å². The predicted octanol–water partition coefficient (Wildman–Crippen LogP) is 3.05. The zero-order valence-corrected chi connectivity index (χ0v) is 18.8. The normalized spacial score (nSPS) is 21.9. The Balaban J connectivity index is 1.11. The molecule has 1 aliphatic heterocycles. The Morgan fingerprint density at radius 3 is 2.26 bits per heavy atom. The molecule has 0 spiro atoms. The SMILES string of the molecule is O=C(CC1(NC(=O)OCC2c3ccccc3-c3ccccc32)CC1)NC[C@@H]1C[C@H](C(=O)O)CO1. The van der Waals surface area contributed by atoms with Crippen molar-refractivity contribution in [3.63, 3.8) is 0 Å². The van der Waals surface area contributed by atoms with E-state index in [-0.39, 0.29) is 44.1 Å². The van der Waals surface area contributed by atoms with Gasteiger partial charge in [-0.3, -0.25) is 9.59 Å². The highest BCUT2D eigenvalue weighted by Gasteiger charge is 2.46. The molecule has 34 heavy (non-hydrogen) atoms. The van der Waals surface area contributed by atoms with Gasteiger partial charge in [0, 0.05) is 18.9 Å². The first-order chi connectivity index (χ1) is 16.4. The van der Waals surface area contributed by atoms with Gasteiger partial charge in [-0.25, -0.2) is 4.79 Å². The molecule has 1 saturated carbocycles. The molecule has 1 heterocycles. The van der Waals surface area contributed by atoms with E-state index in [1.165, 1.54) is 11.1 Å². The number of aliphatic carboxylic acids is 1. The third-order valence-electron chi connectivity index (χ3n) is 7.02. The van der Waals surface area contributed by atoms with Crippen LogP contribution in [-0.4, -0.2) is 54.5 Å². The summed E-state index contributed by atoms with van der Waals surface area (Å²) in [4.78, 5) is 36.0. The molecule has 0 bridgehead atoms. The third kappa shape index (κ3) is 4.63. The highest BCUT2D eigenvalue weighted by Crippen LogP contribution is 2.44. The average molecular weight is 465 g/mol. The molecule has 2 aromatic carbocycles. The minimum absolute atomic E-state index is 0.0161. The minimum atomic E-state index is -0.877. The number of nitrogens with one attached hydrogen (secondary N) is 2. The fourth-order valence-corrected chi connectivity index (χ4v) is 4.97. The highest BCUT2D eigenvalue weighted by atomic mass is 16.5. The molecule has 0 radical (unpaired) electrons. The first kappa shape index (κ1) is 22.4. The second-order valence-corrected chi connectivity index (χ2v) is 9.44. The number of amides is 2. The number of fused-ring (bicyclic) bond motifs is 3. The fraction of sp³-hybridized carbons (Fsp3) is 0.423. The number of carboxylic acid groups (broad SMARTS) is 1. The van der Waals surface area contributed by atoms with Crippen molar-refractivity contribution in [3.8, 4) is 11.1 Å². The molecule has 0 unspecified atom stereocenters. The van der Waals surface area contributed by atoms with E-state index in [4.69, 9.17) is 14.6 Å². The van der Waals surface area contributed by atoms with E-state index in [2.05, 4.69) is 34.9 Å². The maximum absolute atomic E-state index is 12.6. The van der Waals surface area contributed by atoms with Gasteiger partial charge in [-0.1, -0.05) is 48.5 Å².